The summed E-state index contributed by atoms with van der Waals surface area (Å²) in [7, 11) is 1.73. The summed E-state index contributed by atoms with van der Waals surface area (Å²) in [5, 5.41) is 4.37. The molecule has 4 heteroatoms. The zero-order valence-corrected chi connectivity index (χ0v) is 8.46. The van der Waals surface area contributed by atoms with Crippen LogP contribution in [0.15, 0.2) is 46.5 Å². The van der Waals surface area contributed by atoms with Crippen molar-refractivity contribution in [2.24, 2.45) is 7.05 Å². The van der Waals surface area contributed by atoms with Crippen LogP contribution in [0.3, 0.4) is 0 Å². The zero-order valence-electron chi connectivity index (χ0n) is 7.64. The van der Waals surface area contributed by atoms with Gasteiger partial charge in [-0.05, 0) is 12.1 Å². The van der Waals surface area contributed by atoms with Gasteiger partial charge in [0.25, 0.3) is 0 Å². The third-order valence-electron chi connectivity index (χ3n) is 1.80. The molecule has 1 aromatic carbocycles. The van der Waals surface area contributed by atoms with Gasteiger partial charge in [0.1, 0.15) is 5.03 Å². The molecule has 1 heterocycles. The number of nitrogens with zero attached hydrogens (tertiary/aromatic N) is 2. The van der Waals surface area contributed by atoms with E-state index in [1.54, 1.807) is 7.05 Å². The molecule has 2 nitrogen and oxygen atoms in total. The van der Waals surface area contributed by atoms with Crippen LogP contribution in [-0.4, -0.2) is 9.78 Å². The first-order valence-corrected chi connectivity index (χ1v) is 4.99. The van der Waals surface area contributed by atoms with Crippen LogP contribution in [0.5, 0.6) is 0 Å². The second-order valence-electron chi connectivity index (χ2n) is 2.84. The average molecular weight is 208 g/mol. The summed E-state index contributed by atoms with van der Waals surface area (Å²) in [5.41, 5.74) is 0. The Kier molecular flexibility index (Phi) is 2.54. The van der Waals surface area contributed by atoms with E-state index in [0.29, 0.717) is 5.03 Å². The quantitative estimate of drug-likeness (QED) is 0.755. The van der Waals surface area contributed by atoms with Crippen LogP contribution in [0.1, 0.15) is 0 Å². The Morgan fingerprint density at radius 3 is 2.57 bits per heavy atom. The Balaban J connectivity index is 2.27. The second-order valence-corrected chi connectivity index (χ2v) is 3.90. The van der Waals surface area contributed by atoms with E-state index in [9.17, 15) is 4.39 Å². The minimum Gasteiger partial charge on any atom is -0.259 e. The van der Waals surface area contributed by atoms with Gasteiger partial charge in [-0.2, -0.15) is 5.10 Å². The molecule has 0 N–H and O–H groups in total. The highest BCUT2D eigenvalue weighted by atomic mass is 32.2. The summed E-state index contributed by atoms with van der Waals surface area (Å²) in [6.07, 6.45) is 1.23. The average Bonchev–Trinajstić information content (AvgIpc) is 2.51. The Labute approximate surface area is 85.7 Å². The van der Waals surface area contributed by atoms with Crippen molar-refractivity contribution in [2.75, 3.05) is 0 Å². The fourth-order valence-corrected chi connectivity index (χ4v) is 1.96. The van der Waals surface area contributed by atoms with E-state index in [0.717, 1.165) is 4.90 Å². The van der Waals surface area contributed by atoms with Gasteiger partial charge in [0, 0.05) is 11.9 Å². The van der Waals surface area contributed by atoms with E-state index >= 15 is 0 Å². The lowest BCUT2D eigenvalue weighted by Gasteiger charge is -2.01. The van der Waals surface area contributed by atoms with Gasteiger partial charge in [-0.1, -0.05) is 30.0 Å². The molecule has 0 aliphatic carbocycles. The lowest BCUT2D eigenvalue weighted by Crippen LogP contribution is -1.92. The molecule has 0 saturated carbocycles. The predicted molar refractivity (Wildman–Crippen MR) is 53.7 cm³/mol. The van der Waals surface area contributed by atoms with Crippen molar-refractivity contribution >= 4 is 11.8 Å². The summed E-state index contributed by atoms with van der Waals surface area (Å²) in [6, 6.07) is 9.67. The standard InChI is InChI=1S/C10H9FN2S/c1-13-10(9(11)7-12-13)14-8-5-3-2-4-6-8/h2-7H,1H3. The van der Waals surface area contributed by atoms with E-state index in [1.165, 1.54) is 22.6 Å². The first-order valence-electron chi connectivity index (χ1n) is 4.18. The molecule has 0 aliphatic rings. The van der Waals surface area contributed by atoms with Crippen molar-refractivity contribution in [2.45, 2.75) is 9.92 Å². The lowest BCUT2D eigenvalue weighted by molar-refractivity contribution is 0.580. The second kappa shape index (κ2) is 3.84. The predicted octanol–water partition coefficient (Wildman–Crippen LogP) is 2.71. The molecule has 0 unspecified atom stereocenters. The maximum Gasteiger partial charge on any atom is 0.175 e. The van der Waals surface area contributed by atoms with E-state index in [4.69, 9.17) is 0 Å². The van der Waals surface area contributed by atoms with Crippen LogP contribution in [-0.2, 0) is 7.05 Å². The summed E-state index contributed by atoms with van der Waals surface area (Å²) in [4.78, 5) is 1.01. The first kappa shape index (κ1) is 9.27. The topological polar surface area (TPSA) is 17.8 Å². The molecule has 2 aromatic rings. The van der Waals surface area contributed by atoms with Crippen LogP contribution in [0, 0.1) is 5.82 Å². The minimum atomic E-state index is -0.277. The van der Waals surface area contributed by atoms with Gasteiger partial charge in [0.15, 0.2) is 5.82 Å². The molecule has 0 spiro atoms. The molecule has 0 atom stereocenters. The number of halogens is 1. The van der Waals surface area contributed by atoms with Crippen LogP contribution in [0.2, 0.25) is 0 Å². The van der Waals surface area contributed by atoms with Crippen molar-refractivity contribution in [3.8, 4) is 0 Å². The van der Waals surface area contributed by atoms with Crippen molar-refractivity contribution in [1.82, 2.24) is 9.78 Å². The minimum absolute atomic E-state index is 0.277. The van der Waals surface area contributed by atoms with Gasteiger partial charge in [-0.25, -0.2) is 4.39 Å². The molecule has 2 rings (SSSR count). The number of hydrogen-bond donors (Lipinski definition) is 0. The molecule has 14 heavy (non-hydrogen) atoms. The zero-order chi connectivity index (χ0) is 9.97. The maximum absolute atomic E-state index is 13.2. The Bertz CT molecular complexity index is 405. The molecular formula is C10H9FN2S. The highest BCUT2D eigenvalue weighted by molar-refractivity contribution is 7.99. The maximum atomic E-state index is 13.2. The van der Waals surface area contributed by atoms with Crippen molar-refractivity contribution in [1.29, 1.82) is 0 Å². The lowest BCUT2D eigenvalue weighted by atomic mass is 10.4. The van der Waals surface area contributed by atoms with Gasteiger partial charge in [0.2, 0.25) is 0 Å². The highest BCUT2D eigenvalue weighted by Crippen LogP contribution is 2.28. The number of rotatable bonds is 2. The van der Waals surface area contributed by atoms with E-state index in [1.807, 2.05) is 30.3 Å². The summed E-state index contributed by atoms with van der Waals surface area (Å²) < 4.78 is 14.7. The van der Waals surface area contributed by atoms with E-state index in [-0.39, 0.29) is 5.82 Å². The molecule has 0 aliphatic heterocycles. The fourth-order valence-electron chi connectivity index (χ4n) is 1.11. The molecule has 0 saturated heterocycles. The molecular weight excluding hydrogens is 199 g/mol. The third kappa shape index (κ3) is 1.80. The SMILES string of the molecule is Cn1ncc(F)c1Sc1ccccc1. The van der Waals surface area contributed by atoms with Gasteiger partial charge in [-0.3, -0.25) is 4.68 Å². The number of benzene rings is 1. The monoisotopic (exact) mass is 208 g/mol. The first-order chi connectivity index (χ1) is 6.77. The fraction of sp³-hybridized carbons (Fsp3) is 0.100. The summed E-state index contributed by atoms with van der Waals surface area (Å²) in [5.74, 6) is -0.277. The number of aryl methyl sites for hydroxylation is 1. The largest absolute Gasteiger partial charge is 0.259 e. The molecule has 72 valence electrons. The molecule has 0 fully saturated rings. The van der Waals surface area contributed by atoms with Crippen LogP contribution < -0.4 is 0 Å². The van der Waals surface area contributed by atoms with Crippen LogP contribution >= 0.6 is 11.8 Å². The van der Waals surface area contributed by atoms with Crippen molar-refractivity contribution < 1.29 is 4.39 Å². The van der Waals surface area contributed by atoms with Gasteiger partial charge in [-0.15, -0.1) is 0 Å². The number of hydrogen-bond acceptors (Lipinski definition) is 2. The highest BCUT2D eigenvalue weighted by Gasteiger charge is 2.08. The van der Waals surface area contributed by atoms with Crippen LogP contribution in [0.4, 0.5) is 4.39 Å². The van der Waals surface area contributed by atoms with Gasteiger partial charge < -0.3 is 0 Å². The van der Waals surface area contributed by atoms with Crippen LogP contribution in [0.25, 0.3) is 0 Å². The van der Waals surface area contributed by atoms with Gasteiger partial charge in [0.05, 0.1) is 6.20 Å². The smallest absolute Gasteiger partial charge is 0.175 e. The van der Waals surface area contributed by atoms with Crippen molar-refractivity contribution in [3.05, 3.63) is 42.3 Å². The van der Waals surface area contributed by atoms with Crippen molar-refractivity contribution in [3.63, 3.8) is 0 Å². The molecule has 0 amide bonds. The number of aromatic nitrogens is 2. The third-order valence-corrected chi connectivity index (χ3v) is 2.96. The Morgan fingerprint density at radius 1 is 1.29 bits per heavy atom. The van der Waals surface area contributed by atoms with E-state index < -0.39 is 0 Å². The summed E-state index contributed by atoms with van der Waals surface area (Å²) in [6.45, 7) is 0. The molecule has 1 aromatic heterocycles. The summed E-state index contributed by atoms with van der Waals surface area (Å²) >= 11 is 1.37. The Hall–Kier alpha value is -1.29. The molecule has 0 bridgehead atoms. The molecule has 0 radical (unpaired) electrons. The Morgan fingerprint density at radius 2 is 2.00 bits per heavy atom. The van der Waals surface area contributed by atoms with Gasteiger partial charge >= 0.3 is 0 Å². The normalized spacial score (nSPS) is 10.4. The van der Waals surface area contributed by atoms with E-state index in [2.05, 4.69) is 5.10 Å².